The fraction of sp³-hybridized carbons (Fsp3) is 0.538. The lowest BCUT2D eigenvalue weighted by Gasteiger charge is -2.07. The molecule has 0 aliphatic carbocycles. The maximum absolute atomic E-state index is 11.8. The second-order valence-electron chi connectivity index (χ2n) is 4.05. The summed E-state index contributed by atoms with van der Waals surface area (Å²) >= 11 is 0. The molecule has 0 aliphatic heterocycles. The standard InChI is InChI=1S/C13H21N3O/c1-4-14-8-5-9-15-13(17)12-7-6-10(2)16-11(12)3/h6-7,14H,4-5,8-9H2,1-3H3,(H,15,17). The zero-order chi connectivity index (χ0) is 12.7. The van der Waals surface area contributed by atoms with E-state index in [2.05, 4.69) is 22.5 Å². The molecule has 17 heavy (non-hydrogen) atoms. The second kappa shape index (κ2) is 7.01. The van der Waals surface area contributed by atoms with Crippen LogP contribution in [0.2, 0.25) is 0 Å². The number of aromatic nitrogens is 1. The van der Waals surface area contributed by atoms with Crippen LogP contribution >= 0.6 is 0 Å². The van der Waals surface area contributed by atoms with Crippen LogP contribution < -0.4 is 10.6 Å². The second-order valence-corrected chi connectivity index (χ2v) is 4.05. The summed E-state index contributed by atoms with van der Waals surface area (Å²) in [5.41, 5.74) is 2.39. The van der Waals surface area contributed by atoms with Gasteiger partial charge in [-0.15, -0.1) is 0 Å². The highest BCUT2D eigenvalue weighted by atomic mass is 16.1. The molecule has 1 heterocycles. The minimum Gasteiger partial charge on any atom is -0.352 e. The summed E-state index contributed by atoms with van der Waals surface area (Å²) in [7, 11) is 0. The number of amides is 1. The molecule has 0 atom stereocenters. The van der Waals surface area contributed by atoms with Crippen molar-refractivity contribution >= 4 is 5.91 Å². The molecule has 0 unspecified atom stereocenters. The van der Waals surface area contributed by atoms with Gasteiger partial charge in [0.15, 0.2) is 0 Å². The molecule has 1 amide bonds. The maximum atomic E-state index is 11.8. The number of nitrogens with one attached hydrogen (secondary N) is 2. The van der Waals surface area contributed by atoms with Crippen LogP contribution in [0.5, 0.6) is 0 Å². The summed E-state index contributed by atoms with van der Waals surface area (Å²) in [6.45, 7) is 8.45. The summed E-state index contributed by atoms with van der Waals surface area (Å²) in [4.78, 5) is 16.1. The Hall–Kier alpha value is -1.42. The normalized spacial score (nSPS) is 10.3. The molecular weight excluding hydrogens is 214 g/mol. The lowest BCUT2D eigenvalue weighted by Crippen LogP contribution is -2.28. The van der Waals surface area contributed by atoms with Crippen molar-refractivity contribution in [3.05, 3.63) is 29.1 Å². The Morgan fingerprint density at radius 3 is 2.71 bits per heavy atom. The van der Waals surface area contributed by atoms with E-state index in [-0.39, 0.29) is 5.91 Å². The third-order valence-corrected chi connectivity index (χ3v) is 2.54. The number of aryl methyl sites for hydroxylation is 2. The number of pyridine rings is 1. The highest BCUT2D eigenvalue weighted by Crippen LogP contribution is 2.05. The van der Waals surface area contributed by atoms with E-state index in [1.807, 2.05) is 26.0 Å². The first kappa shape index (κ1) is 13.6. The Morgan fingerprint density at radius 2 is 2.06 bits per heavy atom. The maximum Gasteiger partial charge on any atom is 0.253 e. The van der Waals surface area contributed by atoms with Crippen LogP contribution in [0.3, 0.4) is 0 Å². The molecule has 1 aromatic rings. The number of carbonyl (C=O) groups is 1. The SMILES string of the molecule is CCNCCCNC(=O)c1ccc(C)nc1C. The van der Waals surface area contributed by atoms with E-state index < -0.39 is 0 Å². The first-order valence-corrected chi connectivity index (χ1v) is 6.08. The molecule has 0 aliphatic rings. The highest BCUT2D eigenvalue weighted by Gasteiger charge is 2.08. The van der Waals surface area contributed by atoms with Crippen LogP contribution in [0.4, 0.5) is 0 Å². The Kier molecular flexibility index (Phi) is 5.63. The molecule has 0 saturated carbocycles. The monoisotopic (exact) mass is 235 g/mol. The van der Waals surface area contributed by atoms with Crippen molar-refractivity contribution in [1.29, 1.82) is 0 Å². The summed E-state index contributed by atoms with van der Waals surface area (Å²) in [5, 5.41) is 6.12. The zero-order valence-electron chi connectivity index (χ0n) is 10.8. The molecule has 2 N–H and O–H groups in total. The summed E-state index contributed by atoms with van der Waals surface area (Å²) in [6, 6.07) is 3.69. The van der Waals surface area contributed by atoms with E-state index in [0.717, 1.165) is 30.9 Å². The number of hydrogen-bond donors (Lipinski definition) is 2. The predicted molar refractivity (Wildman–Crippen MR) is 69.2 cm³/mol. The average Bonchev–Trinajstić information content (AvgIpc) is 2.28. The number of nitrogens with zero attached hydrogens (tertiary/aromatic N) is 1. The van der Waals surface area contributed by atoms with Gasteiger partial charge in [-0.1, -0.05) is 6.92 Å². The average molecular weight is 235 g/mol. The van der Waals surface area contributed by atoms with Crippen molar-refractivity contribution in [1.82, 2.24) is 15.6 Å². The van der Waals surface area contributed by atoms with Gasteiger partial charge in [0.1, 0.15) is 0 Å². The molecule has 1 aromatic heterocycles. The van der Waals surface area contributed by atoms with Crippen LogP contribution in [0.1, 0.15) is 35.1 Å². The van der Waals surface area contributed by atoms with Gasteiger partial charge in [-0.3, -0.25) is 9.78 Å². The molecule has 1 rings (SSSR count). The van der Waals surface area contributed by atoms with Crippen LogP contribution in [-0.4, -0.2) is 30.5 Å². The molecule has 0 aromatic carbocycles. The fourth-order valence-corrected chi connectivity index (χ4v) is 1.61. The van der Waals surface area contributed by atoms with Crippen molar-refractivity contribution < 1.29 is 4.79 Å². The van der Waals surface area contributed by atoms with Crippen molar-refractivity contribution in [3.8, 4) is 0 Å². The summed E-state index contributed by atoms with van der Waals surface area (Å²) in [6.07, 6.45) is 0.942. The molecular formula is C13H21N3O. The smallest absolute Gasteiger partial charge is 0.253 e. The Bertz CT molecular complexity index is 377. The number of rotatable bonds is 6. The van der Waals surface area contributed by atoms with Gasteiger partial charge in [0.25, 0.3) is 5.91 Å². The van der Waals surface area contributed by atoms with Crippen molar-refractivity contribution in [3.63, 3.8) is 0 Å². The predicted octanol–water partition coefficient (Wildman–Crippen LogP) is 1.43. The highest BCUT2D eigenvalue weighted by molar-refractivity contribution is 5.95. The van der Waals surface area contributed by atoms with Crippen molar-refractivity contribution in [2.75, 3.05) is 19.6 Å². The van der Waals surface area contributed by atoms with E-state index in [1.54, 1.807) is 0 Å². The number of hydrogen-bond acceptors (Lipinski definition) is 3. The van der Waals surface area contributed by atoms with Crippen LogP contribution in [0.15, 0.2) is 12.1 Å². The third kappa shape index (κ3) is 4.53. The zero-order valence-corrected chi connectivity index (χ0v) is 10.8. The van der Waals surface area contributed by atoms with Crippen molar-refractivity contribution in [2.24, 2.45) is 0 Å². The molecule has 0 fully saturated rings. The van der Waals surface area contributed by atoms with Crippen LogP contribution in [0, 0.1) is 13.8 Å². The van der Waals surface area contributed by atoms with Gasteiger partial charge < -0.3 is 10.6 Å². The molecule has 0 spiro atoms. The quantitative estimate of drug-likeness (QED) is 0.733. The molecule has 0 saturated heterocycles. The molecule has 0 radical (unpaired) electrons. The summed E-state index contributed by atoms with van der Waals surface area (Å²) in [5.74, 6) is -0.0356. The first-order valence-electron chi connectivity index (χ1n) is 6.08. The third-order valence-electron chi connectivity index (χ3n) is 2.54. The van der Waals surface area contributed by atoms with Gasteiger partial charge >= 0.3 is 0 Å². The van der Waals surface area contributed by atoms with Crippen LogP contribution in [-0.2, 0) is 0 Å². The summed E-state index contributed by atoms with van der Waals surface area (Å²) < 4.78 is 0. The van der Waals surface area contributed by atoms with Gasteiger partial charge in [0, 0.05) is 12.2 Å². The van der Waals surface area contributed by atoms with E-state index in [9.17, 15) is 4.79 Å². The molecule has 0 bridgehead atoms. The van der Waals surface area contributed by atoms with Gasteiger partial charge in [0.2, 0.25) is 0 Å². The molecule has 94 valence electrons. The Labute approximate surface area is 103 Å². The fourth-order valence-electron chi connectivity index (χ4n) is 1.61. The minimum atomic E-state index is -0.0356. The van der Waals surface area contributed by atoms with E-state index >= 15 is 0 Å². The van der Waals surface area contributed by atoms with Gasteiger partial charge in [0.05, 0.1) is 11.3 Å². The number of carbonyl (C=O) groups excluding carboxylic acids is 1. The van der Waals surface area contributed by atoms with Crippen LogP contribution in [0.25, 0.3) is 0 Å². The van der Waals surface area contributed by atoms with E-state index in [1.165, 1.54) is 0 Å². The lowest BCUT2D eigenvalue weighted by atomic mass is 10.1. The molecule has 4 heteroatoms. The van der Waals surface area contributed by atoms with Gasteiger partial charge in [-0.2, -0.15) is 0 Å². The Morgan fingerprint density at radius 1 is 1.29 bits per heavy atom. The Balaban J connectivity index is 2.42. The minimum absolute atomic E-state index is 0.0356. The van der Waals surface area contributed by atoms with Crippen molar-refractivity contribution in [2.45, 2.75) is 27.2 Å². The van der Waals surface area contributed by atoms with E-state index in [0.29, 0.717) is 12.1 Å². The van der Waals surface area contributed by atoms with Gasteiger partial charge in [-0.25, -0.2) is 0 Å². The first-order chi connectivity index (χ1) is 8.15. The molecule has 4 nitrogen and oxygen atoms in total. The largest absolute Gasteiger partial charge is 0.352 e. The van der Waals surface area contributed by atoms with Gasteiger partial charge in [-0.05, 0) is 45.5 Å². The van der Waals surface area contributed by atoms with E-state index in [4.69, 9.17) is 0 Å². The lowest BCUT2D eigenvalue weighted by molar-refractivity contribution is 0.0952. The topological polar surface area (TPSA) is 54.0 Å².